The van der Waals surface area contributed by atoms with E-state index in [4.69, 9.17) is 0 Å². The first kappa shape index (κ1) is 18.7. The number of nitro benzene ring substituents is 1. The van der Waals surface area contributed by atoms with Gasteiger partial charge in [0.25, 0.3) is 11.6 Å². The number of hydrogen-bond acceptors (Lipinski definition) is 4. The molecule has 1 aromatic rings. The van der Waals surface area contributed by atoms with Gasteiger partial charge in [-0.05, 0) is 63.2 Å². The Labute approximate surface area is 148 Å². The number of carbonyl (C=O) groups is 1. The number of piperidine rings is 2. The Morgan fingerprint density at radius 2 is 1.83 bits per heavy atom. The number of halogens is 1. The smallest absolute Gasteiger partial charge is 0.272 e. The van der Waals surface area contributed by atoms with Crippen molar-refractivity contribution in [2.45, 2.75) is 32.6 Å². The second-order valence-corrected chi connectivity index (χ2v) is 6.80. The predicted molar refractivity (Wildman–Crippen MR) is 94.8 cm³/mol. The molecule has 2 fully saturated rings. The summed E-state index contributed by atoms with van der Waals surface area (Å²) in [6.07, 6.45) is 4.52. The summed E-state index contributed by atoms with van der Waals surface area (Å²) < 4.78 is 0. The fourth-order valence-electron chi connectivity index (χ4n) is 3.82. The molecule has 0 aliphatic carbocycles. The van der Waals surface area contributed by atoms with Crippen molar-refractivity contribution in [2.75, 3.05) is 26.2 Å². The largest absolute Gasteiger partial charge is 0.339 e. The van der Waals surface area contributed by atoms with Crippen LogP contribution in [0.1, 0.15) is 41.6 Å². The first-order valence-electron chi connectivity index (χ1n) is 8.26. The molecule has 0 radical (unpaired) electrons. The van der Waals surface area contributed by atoms with Crippen LogP contribution in [-0.4, -0.2) is 41.9 Å². The number of nitrogens with zero attached hydrogens (tertiary/aromatic N) is 2. The van der Waals surface area contributed by atoms with E-state index in [1.165, 1.54) is 18.9 Å². The maximum absolute atomic E-state index is 12.6. The van der Waals surface area contributed by atoms with E-state index in [1.54, 1.807) is 19.1 Å². The lowest BCUT2D eigenvalue weighted by Gasteiger charge is -2.44. The minimum Gasteiger partial charge on any atom is -0.339 e. The van der Waals surface area contributed by atoms with Gasteiger partial charge in [0.2, 0.25) is 0 Å². The number of nitro groups is 1. The van der Waals surface area contributed by atoms with Gasteiger partial charge in [0.05, 0.1) is 4.92 Å². The fraction of sp³-hybridized carbons (Fsp3) is 0.588. The van der Waals surface area contributed by atoms with Crippen LogP contribution in [0.5, 0.6) is 0 Å². The number of rotatable bonds is 2. The van der Waals surface area contributed by atoms with Gasteiger partial charge in [-0.3, -0.25) is 14.9 Å². The Hall–Kier alpha value is -1.66. The van der Waals surface area contributed by atoms with Gasteiger partial charge in [0.15, 0.2) is 0 Å². The standard InChI is InChI=1S/C17H23N3O3.ClH/c1-13-12-14(2-3-15(13)20(22)23)16(21)19-10-6-17(7-11-19)4-8-18-9-5-17;/h2-3,12,18H,4-11H2,1H3;1H. The van der Waals surface area contributed by atoms with Crippen LogP contribution < -0.4 is 5.32 Å². The van der Waals surface area contributed by atoms with E-state index in [9.17, 15) is 14.9 Å². The third kappa shape index (κ3) is 3.70. The Bertz CT molecular complexity index is 620. The molecule has 132 valence electrons. The van der Waals surface area contributed by atoms with Gasteiger partial charge < -0.3 is 10.2 Å². The molecule has 2 saturated heterocycles. The Morgan fingerprint density at radius 3 is 2.38 bits per heavy atom. The Kier molecular flexibility index (Phi) is 5.83. The van der Waals surface area contributed by atoms with Gasteiger partial charge in [-0.1, -0.05) is 0 Å². The summed E-state index contributed by atoms with van der Waals surface area (Å²) >= 11 is 0. The Balaban J connectivity index is 0.00000208. The van der Waals surface area contributed by atoms with Crippen molar-refractivity contribution in [1.29, 1.82) is 0 Å². The van der Waals surface area contributed by atoms with Crippen LogP contribution >= 0.6 is 12.4 Å². The lowest BCUT2D eigenvalue weighted by molar-refractivity contribution is -0.385. The molecule has 3 rings (SSSR count). The molecule has 0 unspecified atom stereocenters. The molecule has 2 aliphatic rings. The SMILES string of the molecule is Cc1cc(C(=O)N2CCC3(CCNCC3)CC2)ccc1[N+](=O)[O-].Cl. The summed E-state index contributed by atoms with van der Waals surface area (Å²) in [7, 11) is 0. The highest BCUT2D eigenvalue weighted by Gasteiger charge is 2.36. The quantitative estimate of drug-likeness (QED) is 0.655. The molecule has 1 N–H and O–H groups in total. The number of amides is 1. The summed E-state index contributed by atoms with van der Waals surface area (Å²) in [5.74, 6) is -0.00761. The number of hydrogen-bond donors (Lipinski definition) is 1. The molecule has 24 heavy (non-hydrogen) atoms. The zero-order valence-electron chi connectivity index (χ0n) is 13.9. The van der Waals surface area contributed by atoms with Crippen molar-refractivity contribution >= 4 is 24.0 Å². The third-order valence-electron chi connectivity index (χ3n) is 5.42. The predicted octanol–water partition coefficient (Wildman–Crippen LogP) is 2.93. The van der Waals surface area contributed by atoms with Crippen LogP contribution in [0, 0.1) is 22.5 Å². The van der Waals surface area contributed by atoms with Crippen molar-refractivity contribution in [3.8, 4) is 0 Å². The highest BCUT2D eigenvalue weighted by molar-refractivity contribution is 5.94. The van der Waals surface area contributed by atoms with Crippen LogP contribution in [0.25, 0.3) is 0 Å². The van der Waals surface area contributed by atoms with E-state index in [0.717, 1.165) is 39.0 Å². The molecule has 2 heterocycles. The third-order valence-corrected chi connectivity index (χ3v) is 5.42. The molecule has 2 aliphatic heterocycles. The van der Waals surface area contributed by atoms with Crippen molar-refractivity contribution in [1.82, 2.24) is 10.2 Å². The van der Waals surface area contributed by atoms with Crippen molar-refractivity contribution in [3.05, 3.63) is 39.4 Å². The van der Waals surface area contributed by atoms with Gasteiger partial charge in [-0.15, -0.1) is 12.4 Å². The van der Waals surface area contributed by atoms with E-state index < -0.39 is 4.92 Å². The van der Waals surface area contributed by atoms with E-state index >= 15 is 0 Å². The summed E-state index contributed by atoms with van der Waals surface area (Å²) in [5.41, 5.74) is 1.56. The van der Waals surface area contributed by atoms with Crippen LogP contribution in [0.15, 0.2) is 18.2 Å². The van der Waals surface area contributed by atoms with Gasteiger partial charge in [-0.25, -0.2) is 0 Å². The minimum atomic E-state index is -0.411. The number of aryl methyl sites for hydroxylation is 1. The first-order chi connectivity index (χ1) is 11.0. The summed E-state index contributed by atoms with van der Waals surface area (Å²) in [6, 6.07) is 4.64. The summed E-state index contributed by atoms with van der Waals surface area (Å²) in [6.45, 7) is 5.41. The number of carbonyl (C=O) groups excluding carboxylic acids is 1. The van der Waals surface area contributed by atoms with Gasteiger partial charge in [-0.2, -0.15) is 0 Å². The maximum atomic E-state index is 12.6. The van der Waals surface area contributed by atoms with Crippen molar-refractivity contribution < 1.29 is 9.72 Å². The van der Waals surface area contributed by atoms with Gasteiger partial charge >= 0.3 is 0 Å². The van der Waals surface area contributed by atoms with Crippen LogP contribution in [0.2, 0.25) is 0 Å². The first-order valence-corrected chi connectivity index (χ1v) is 8.26. The molecule has 0 saturated carbocycles. The lowest BCUT2D eigenvalue weighted by Crippen LogP contribution is -2.47. The van der Waals surface area contributed by atoms with Crippen LogP contribution in [0.4, 0.5) is 5.69 Å². The van der Waals surface area contributed by atoms with Gasteiger partial charge in [0, 0.05) is 30.3 Å². The molecule has 6 nitrogen and oxygen atoms in total. The molecule has 0 bridgehead atoms. The highest BCUT2D eigenvalue weighted by Crippen LogP contribution is 2.39. The zero-order chi connectivity index (χ0) is 16.4. The van der Waals surface area contributed by atoms with E-state index in [2.05, 4.69) is 5.32 Å². The Morgan fingerprint density at radius 1 is 1.21 bits per heavy atom. The van der Waals surface area contributed by atoms with E-state index in [-0.39, 0.29) is 24.0 Å². The molecule has 7 heteroatoms. The number of nitrogens with one attached hydrogen (secondary N) is 1. The average molecular weight is 354 g/mol. The lowest BCUT2D eigenvalue weighted by atomic mass is 9.71. The van der Waals surface area contributed by atoms with E-state index in [1.807, 2.05) is 4.90 Å². The second kappa shape index (κ2) is 7.49. The topological polar surface area (TPSA) is 75.5 Å². The fourth-order valence-corrected chi connectivity index (χ4v) is 3.82. The highest BCUT2D eigenvalue weighted by atomic mass is 35.5. The molecular weight excluding hydrogens is 330 g/mol. The van der Waals surface area contributed by atoms with E-state index in [0.29, 0.717) is 16.5 Å². The zero-order valence-corrected chi connectivity index (χ0v) is 14.7. The van der Waals surface area contributed by atoms with Crippen molar-refractivity contribution in [2.24, 2.45) is 5.41 Å². The average Bonchev–Trinajstić information content (AvgIpc) is 2.55. The molecule has 1 spiro atoms. The molecule has 1 aromatic carbocycles. The number of benzene rings is 1. The number of likely N-dealkylation sites (tertiary alicyclic amines) is 1. The molecule has 0 atom stereocenters. The van der Waals surface area contributed by atoms with Gasteiger partial charge in [0.1, 0.15) is 0 Å². The van der Waals surface area contributed by atoms with Crippen LogP contribution in [0.3, 0.4) is 0 Å². The normalized spacial score (nSPS) is 19.6. The minimum absolute atomic E-state index is 0. The van der Waals surface area contributed by atoms with Crippen LogP contribution in [-0.2, 0) is 0 Å². The summed E-state index contributed by atoms with van der Waals surface area (Å²) in [4.78, 5) is 25.0. The van der Waals surface area contributed by atoms with Crippen molar-refractivity contribution in [3.63, 3.8) is 0 Å². The monoisotopic (exact) mass is 353 g/mol. The molecular formula is C17H24ClN3O3. The maximum Gasteiger partial charge on any atom is 0.272 e. The molecule has 0 aromatic heterocycles. The summed E-state index contributed by atoms with van der Waals surface area (Å²) in [5, 5.41) is 14.3. The molecule has 1 amide bonds. The second-order valence-electron chi connectivity index (χ2n) is 6.80.